The number of aliphatic hydroxyl groups is 2. The average Bonchev–Trinajstić information content (AvgIpc) is 3.12. The number of hydrogen-bond acceptors (Lipinski definition) is 5. The topological polar surface area (TPSA) is 79.3 Å². The summed E-state index contributed by atoms with van der Waals surface area (Å²) in [5.74, 6) is 1.10. The molecule has 0 aromatic carbocycles. The molecule has 6 aliphatic rings. The zero-order chi connectivity index (χ0) is 19.5. The molecule has 4 aliphatic carbocycles. The third kappa shape index (κ3) is 1.83. The number of epoxide rings is 1. The van der Waals surface area contributed by atoms with Crippen molar-refractivity contribution in [3.05, 3.63) is 11.6 Å². The lowest BCUT2D eigenvalue weighted by atomic mass is 9.43. The summed E-state index contributed by atoms with van der Waals surface area (Å²) < 4.78 is 11.5. The quantitative estimate of drug-likeness (QED) is 0.533. The van der Waals surface area contributed by atoms with Gasteiger partial charge >= 0.3 is 5.97 Å². The van der Waals surface area contributed by atoms with Crippen LogP contribution >= 0.6 is 0 Å². The summed E-state index contributed by atoms with van der Waals surface area (Å²) in [6, 6.07) is 0. The van der Waals surface area contributed by atoms with Gasteiger partial charge in [-0.25, -0.2) is 4.79 Å². The fourth-order valence-electron chi connectivity index (χ4n) is 8.80. The van der Waals surface area contributed by atoms with Crippen molar-refractivity contribution < 1.29 is 24.5 Å². The lowest BCUT2D eigenvalue weighted by molar-refractivity contribution is -0.226. The highest BCUT2D eigenvalue weighted by Crippen LogP contribution is 2.76. The Morgan fingerprint density at radius 2 is 1.93 bits per heavy atom. The van der Waals surface area contributed by atoms with Gasteiger partial charge in [-0.05, 0) is 68.1 Å². The van der Waals surface area contributed by atoms with Crippen LogP contribution in [-0.4, -0.2) is 46.2 Å². The highest BCUT2D eigenvalue weighted by molar-refractivity contribution is 5.86. The van der Waals surface area contributed by atoms with Crippen LogP contribution < -0.4 is 0 Å². The van der Waals surface area contributed by atoms with Crippen molar-refractivity contribution in [1.29, 1.82) is 0 Å². The molecule has 5 heteroatoms. The Hall–Kier alpha value is -0.910. The molecule has 4 saturated carbocycles. The number of carbonyl (C=O) groups is 1. The van der Waals surface area contributed by atoms with E-state index in [0.29, 0.717) is 24.9 Å². The van der Waals surface area contributed by atoms with Crippen LogP contribution in [-0.2, 0) is 14.3 Å². The second-order valence-electron chi connectivity index (χ2n) is 11.0. The Morgan fingerprint density at radius 1 is 1.11 bits per heavy atom. The lowest BCUT2D eigenvalue weighted by Gasteiger charge is -2.64. The highest BCUT2D eigenvalue weighted by Gasteiger charge is 2.84. The average molecular weight is 389 g/mol. The Bertz CT molecular complexity index is 777. The van der Waals surface area contributed by atoms with Crippen LogP contribution in [0.2, 0.25) is 0 Å². The van der Waals surface area contributed by atoms with Crippen molar-refractivity contribution in [3.63, 3.8) is 0 Å². The summed E-state index contributed by atoms with van der Waals surface area (Å²) in [4.78, 5) is 11.7. The smallest absolute Gasteiger partial charge is 0.331 e. The summed E-state index contributed by atoms with van der Waals surface area (Å²) in [6.07, 6.45) is 9.25. The van der Waals surface area contributed by atoms with Crippen LogP contribution in [0.25, 0.3) is 0 Å². The SMILES string of the molecule is C[C@]12CC[C@H](O)C[C@H]1CC[C@@H]1[C@@H]2CC[C@@]2(C)[C@]1(O)C[C@@H]1O[C@@]12C1=CC(=O)OC1. The van der Waals surface area contributed by atoms with Crippen molar-refractivity contribution in [2.75, 3.05) is 6.61 Å². The monoisotopic (exact) mass is 388 g/mol. The molecule has 2 N–H and O–H groups in total. The largest absolute Gasteiger partial charge is 0.458 e. The van der Waals surface area contributed by atoms with Gasteiger partial charge < -0.3 is 19.7 Å². The Morgan fingerprint density at radius 3 is 2.68 bits per heavy atom. The van der Waals surface area contributed by atoms with Gasteiger partial charge in [0.25, 0.3) is 0 Å². The Labute approximate surface area is 166 Å². The number of hydrogen-bond donors (Lipinski definition) is 2. The molecule has 5 fully saturated rings. The van der Waals surface area contributed by atoms with Crippen LogP contribution in [0.15, 0.2) is 11.6 Å². The first-order valence-corrected chi connectivity index (χ1v) is 11.2. The molecular formula is C23H32O5. The molecule has 0 aromatic rings. The van der Waals surface area contributed by atoms with Crippen LogP contribution in [0.1, 0.15) is 65.2 Å². The third-order valence-corrected chi connectivity index (χ3v) is 10.4. The van der Waals surface area contributed by atoms with Gasteiger partial charge in [-0.15, -0.1) is 0 Å². The Kier molecular flexibility index (Phi) is 3.34. The number of esters is 1. The molecule has 1 saturated heterocycles. The number of ether oxygens (including phenoxy) is 2. The summed E-state index contributed by atoms with van der Waals surface area (Å²) >= 11 is 0. The van der Waals surface area contributed by atoms with E-state index >= 15 is 0 Å². The van der Waals surface area contributed by atoms with Crippen molar-refractivity contribution >= 4 is 5.97 Å². The summed E-state index contributed by atoms with van der Waals surface area (Å²) in [5.41, 5.74) is -0.427. The molecular weight excluding hydrogens is 356 g/mol. The van der Waals surface area contributed by atoms with E-state index in [4.69, 9.17) is 9.47 Å². The van der Waals surface area contributed by atoms with E-state index in [1.54, 1.807) is 6.08 Å². The van der Waals surface area contributed by atoms with Crippen LogP contribution in [0.3, 0.4) is 0 Å². The summed E-state index contributed by atoms with van der Waals surface area (Å²) in [7, 11) is 0. The number of cyclic esters (lactones) is 1. The first-order valence-electron chi connectivity index (χ1n) is 11.2. The number of fused-ring (bicyclic) bond motifs is 7. The van der Waals surface area contributed by atoms with Gasteiger partial charge in [-0.1, -0.05) is 13.8 Å². The van der Waals surface area contributed by atoms with Gasteiger partial charge in [0, 0.05) is 23.5 Å². The maximum atomic E-state index is 12.2. The zero-order valence-corrected chi connectivity index (χ0v) is 16.9. The molecule has 0 bridgehead atoms. The van der Waals surface area contributed by atoms with Gasteiger partial charge in [-0.2, -0.15) is 0 Å². The minimum absolute atomic E-state index is 0.0145. The van der Waals surface area contributed by atoms with Gasteiger partial charge in [-0.3, -0.25) is 0 Å². The molecule has 2 heterocycles. The molecule has 0 unspecified atom stereocenters. The minimum Gasteiger partial charge on any atom is -0.458 e. The van der Waals surface area contributed by atoms with E-state index in [0.717, 1.165) is 50.5 Å². The van der Waals surface area contributed by atoms with Crippen molar-refractivity contribution in [2.24, 2.45) is 28.6 Å². The maximum Gasteiger partial charge on any atom is 0.331 e. The first-order chi connectivity index (χ1) is 13.2. The predicted molar refractivity (Wildman–Crippen MR) is 101 cm³/mol. The van der Waals surface area contributed by atoms with Crippen LogP contribution in [0.4, 0.5) is 0 Å². The molecule has 6 rings (SSSR count). The van der Waals surface area contributed by atoms with E-state index in [2.05, 4.69) is 13.8 Å². The van der Waals surface area contributed by atoms with Crippen molar-refractivity contribution in [3.8, 4) is 0 Å². The second kappa shape index (κ2) is 5.22. The van der Waals surface area contributed by atoms with Gasteiger partial charge in [0.15, 0.2) is 0 Å². The summed E-state index contributed by atoms with van der Waals surface area (Å²) in [6.45, 7) is 4.95. The van der Waals surface area contributed by atoms with E-state index in [1.165, 1.54) is 0 Å². The van der Waals surface area contributed by atoms with Gasteiger partial charge in [0.2, 0.25) is 0 Å². The highest BCUT2D eigenvalue weighted by atomic mass is 16.6. The molecule has 0 radical (unpaired) electrons. The number of carbonyl (C=O) groups excluding carboxylic acids is 1. The Balaban J connectivity index is 1.37. The van der Waals surface area contributed by atoms with E-state index < -0.39 is 11.2 Å². The third-order valence-electron chi connectivity index (χ3n) is 10.4. The first kappa shape index (κ1) is 17.9. The fourth-order valence-corrected chi connectivity index (χ4v) is 8.80. The second-order valence-corrected chi connectivity index (χ2v) is 11.0. The lowest BCUT2D eigenvalue weighted by Crippen LogP contribution is -2.64. The van der Waals surface area contributed by atoms with E-state index in [1.807, 2.05) is 0 Å². The fraction of sp³-hybridized carbons (Fsp3) is 0.870. The predicted octanol–water partition coefficient (Wildman–Crippen LogP) is 2.74. The minimum atomic E-state index is -0.741. The van der Waals surface area contributed by atoms with Crippen molar-refractivity contribution in [2.45, 2.75) is 88.6 Å². The van der Waals surface area contributed by atoms with Crippen LogP contribution in [0.5, 0.6) is 0 Å². The molecule has 0 spiro atoms. The molecule has 0 aromatic heterocycles. The molecule has 0 amide bonds. The number of rotatable bonds is 1. The zero-order valence-electron chi connectivity index (χ0n) is 16.9. The van der Waals surface area contributed by atoms with Crippen LogP contribution in [0, 0.1) is 28.6 Å². The van der Waals surface area contributed by atoms with Gasteiger partial charge in [0.1, 0.15) is 12.2 Å². The van der Waals surface area contributed by atoms with Gasteiger partial charge in [0.05, 0.1) is 17.8 Å². The molecule has 5 nitrogen and oxygen atoms in total. The molecule has 9 atom stereocenters. The normalized spacial score (nSPS) is 59.5. The molecule has 2 aliphatic heterocycles. The van der Waals surface area contributed by atoms with Crippen molar-refractivity contribution in [1.82, 2.24) is 0 Å². The van der Waals surface area contributed by atoms with E-state index in [-0.39, 0.29) is 34.9 Å². The summed E-state index contributed by atoms with van der Waals surface area (Å²) in [5, 5.41) is 22.4. The standard InChI is InChI=1S/C23H32O5/c1-20-7-5-15(24)9-13(20)3-4-17-16(20)6-8-21(2)22(17,26)11-18-23(21,28-18)14-10-19(25)27-12-14/h10,13,15-18,24,26H,3-9,11-12H2,1-2H3/t13-,15+,16+,17-,18+,20+,21+,22+,23+/m1/s1. The maximum absolute atomic E-state index is 12.2. The number of aliphatic hydroxyl groups excluding tert-OH is 1. The molecule has 154 valence electrons. The van der Waals surface area contributed by atoms with E-state index in [9.17, 15) is 15.0 Å². The molecule has 28 heavy (non-hydrogen) atoms.